The van der Waals surface area contributed by atoms with Crippen molar-refractivity contribution >= 4 is 58.4 Å². The minimum atomic E-state index is -0.684. The van der Waals surface area contributed by atoms with Crippen molar-refractivity contribution in [2.24, 2.45) is 10.3 Å². The Bertz CT molecular complexity index is 1400. The Kier molecular flexibility index (Phi) is 14.1. The van der Waals surface area contributed by atoms with Gasteiger partial charge in [-0.1, -0.05) is 22.1 Å². The van der Waals surface area contributed by atoms with Crippen molar-refractivity contribution in [3.8, 4) is 0 Å². The summed E-state index contributed by atoms with van der Waals surface area (Å²) in [6.45, 7) is 2.47. The molecule has 0 spiro atoms. The molecule has 12 nitrogen and oxygen atoms in total. The number of likely N-dealkylation sites (N-methyl/N-ethyl adjacent to an activating group) is 1. The van der Waals surface area contributed by atoms with Crippen LogP contribution in [0.3, 0.4) is 0 Å². The summed E-state index contributed by atoms with van der Waals surface area (Å²) in [5.41, 5.74) is 0.531. The molecule has 0 heterocycles. The number of nitrogens with zero attached hydrogens (tertiary/aromatic N) is 3. The second-order valence-corrected chi connectivity index (χ2v) is 10.6. The third-order valence-electron chi connectivity index (χ3n) is 5.65. The van der Waals surface area contributed by atoms with Crippen molar-refractivity contribution < 1.29 is 38.4 Å². The van der Waals surface area contributed by atoms with Crippen LogP contribution in [0.5, 0.6) is 0 Å². The lowest BCUT2D eigenvalue weighted by Gasteiger charge is -2.10. The highest BCUT2D eigenvalue weighted by molar-refractivity contribution is 7.99. The van der Waals surface area contributed by atoms with Gasteiger partial charge in [0, 0.05) is 74.5 Å². The Labute approximate surface area is 253 Å². The van der Waals surface area contributed by atoms with Gasteiger partial charge in [-0.2, -0.15) is 0 Å². The van der Waals surface area contributed by atoms with E-state index in [0.29, 0.717) is 11.1 Å². The van der Waals surface area contributed by atoms with E-state index in [2.05, 4.69) is 25.3 Å². The predicted molar refractivity (Wildman–Crippen MR) is 160 cm³/mol. The minimum Gasteiger partial charge on any atom is -0.349 e. The van der Waals surface area contributed by atoms with Gasteiger partial charge in [0.05, 0.1) is 6.54 Å². The number of rotatable bonds is 16. The van der Waals surface area contributed by atoms with Gasteiger partial charge in [0.15, 0.2) is 0 Å². The highest BCUT2D eigenvalue weighted by Gasteiger charge is 2.19. The fourth-order valence-corrected chi connectivity index (χ4v) is 4.27. The molecular formula is C30H34N4O8S. The molecule has 2 aromatic carbocycles. The monoisotopic (exact) mass is 610 g/mol. The molecule has 13 heteroatoms. The molecule has 0 atom stereocenters. The van der Waals surface area contributed by atoms with Gasteiger partial charge in [0.25, 0.3) is 0 Å². The lowest BCUT2D eigenvalue weighted by Crippen LogP contribution is -2.24. The third kappa shape index (κ3) is 12.1. The highest BCUT2D eigenvalue weighted by Crippen LogP contribution is 2.28. The molecule has 2 aromatic rings. The Morgan fingerprint density at radius 2 is 1.12 bits per heavy atom. The van der Waals surface area contributed by atoms with E-state index in [9.17, 15) is 28.8 Å². The number of hydrogen-bond acceptors (Lipinski definition) is 12. The number of benzene rings is 2. The topological polar surface area (TPSA) is 161 Å². The second-order valence-electron chi connectivity index (χ2n) is 9.41. The molecule has 0 unspecified atom stereocenters. The Morgan fingerprint density at radius 3 is 1.49 bits per heavy atom. The summed E-state index contributed by atoms with van der Waals surface area (Å²) in [4.78, 5) is 84.7. The first-order valence-electron chi connectivity index (χ1n) is 13.2. The summed E-state index contributed by atoms with van der Waals surface area (Å²) in [5.74, 6) is -2.61. The van der Waals surface area contributed by atoms with Crippen LogP contribution < -0.4 is 5.32 Å². The summed E-state index contributed by atoms with van der Waals surface area (Å²) in [6.07, 6.45) is 0.110. The summed E-state index contributed by atoms with van der Waals surface area (Å²) < 4.78 is 0. The second kappa shape index (κ2) is 17.5. The number of carbonyl (C=O) groups excluding carboxylic acids is 6. The van der Waals surface area contributed by atoms with Crippen LogP contribution in [0.25, 0.3) is 0 Å². The molecule has 0 aliphatic heterocycles. The van der Waals surface area contributed by atoms with Crippen LogP contribution in [0.1, 0.15) is 60.2 Å². The zero-order valence-corrected chi connectivity index (χ0v) is 25.5. The number of carbonyl (C=O) groups is 6. The van der Waals surface area contributed by atoms with Gasteiger partial charge < -0.3 is 19.9 Å². The smallest absolute Gasteiger partial charge is 0.331 e. The van der Waals surface area contributed by atoms with Gasteiger partial charge in [0.1, 0.15) is 17.2 Å². The van der Waals surface area contributed by atoms with Crippen LogP contribution in [0.4, 0.5) is 0 Å². The molecule has 1 amide bonds. The Balaban J connectivity index is 2.12. The van der Waals surface area contributed by atoms with E-state index in [1.807, 2.05) is 0 Å². The van der Waals surface area contributed by atoms with E-state index in [1.165, 1.54) is 16.7 Å². The molecule has 228 valence electrons. The standard InChI is InChI=1S/C30H34N4O8S/c1-19(35)41-32-26(15-10-23(37)18-31-3)29(39)21-6-11-24(12-7-21)43-25-13-8-22(9-14-25)30(40)27(33-42-20(2)36)16-17-28(38)34(4)5/h6-9,11-14,31H,10,15-18H2,1-5H3/b32-26+,33-27+. The molecule has 0 aromatic heterocycles. The molecule has 0 bridgehead atoms. The average Bonchev–Trinajstić information content (AvgIpc) is 2.97. The fraction of sp³-hybridized carbons (Fsp3) is 0.333. The van der Waals surface area contributed by atoms with Crippen molar-refractivity contribution in [1.29, 1.82) is 0 Å². The summed E-state index contributed by atoms with van der Waals surface area (Å²) in [6, 6.07) is 13.4. The molecule has 43 heavy (non-hydrogen) atoms. The van der Waals surface area contributed by atoms with E-state index in [4.69, 9.17) is 0 Å². The predicted octanol–water partition coefficient (Wildman–Crippen LogP) is 3.48. The minimum absolute atomic E-state index is 0.00422. The maximum absolute atomic E-state index is 13.0. The lowest BCUT2D eigenvalue weighted by molar-refractivity contribution is -0.141. The van der Waals surface area contributed by atoms with Crippen molar-refractivity contribution in [2.75, 3.05) is 27.7 Å². The van der Waals surface area contributed by atoms with Crippen molar-refractivity contribution in [3.63, 3.8) is 0 Å². The van der Waals surface area contributed by atoms with Crippen LogP contribution in [-0.2, 0) is 28.9 Å². The van der Waals surface area contributed by atoms with Gasteiger partial charge in [0.2, 0.25) is 17.5 Å². The zero-order chi connectivity index (χ0) is 31.9. The number of amides is 1. The van der Waals surface area contributed by atoms with E-state index in [1.54, 1.807) is 69.7 Å². The molecular weight excluding hydrogens is 576 g/mol. The third-order valence-corrected chi connectivity index (χ3v) is 6.67. The first-order valence-corrected chi connectivity index (χ1v) is 14.1. The molecule has 0 aliphatic carbocycles. The van der Waals surface area contributed by atoms with E-state index in [-0.39, 0.29) is 55.3 Å². The van der Waals surface area contributed by atoms with Crippen LogP contribution in [0.15, 0.2) is 68.6 Å². The highest BCUT2D eigenvalue weighted by atomic mass is 32.2. The molecule has 0 saturated carbocycles. The molecule has 0 aliphatic rings. The molecule has 0 fully saturated rings. The summed E-state index contributed by atoms with van der Waals surface area (Å²) >= 11 is 1.39. The Morgan fingerprint density at radius 1 is 0.698 bits per heavy atom. The normalized spacial score (nSPS) is 11.5. The van der Waals surface area contributed by atoms with E-state index < -0.39 is 23.5 Å². The summed E-state index contributed by atoms with van der Waals surface area (Å²) in [5, 5.41) is 10.1. The van der Waals surface area contributed by atoms with Gasteiger partial charge in [-0.05, 0) is 55.6 Å². The maximum Gasteiger partial charge on any atom is 0.331 e. The van der Waals surface area contributed by atoms with Crippen molar-refractivity contribution in [3.05, 3.63) is 59.7 Å². The number of hydrogen-bond donors (Lipinski definition) is 1. The van der Waals surface area contributed by atoms with Gasteiger partial charge in [-0.25, -0.2) is 9.59 Å². The molecule has 2 rings (SSSR count). The van der Waals surface area contributed by atoms with Crippen LogP contribution >= 0.6 is 11.8 Å². The Hall–Kier alpha value is -4.49. The van der Waals surface area contributed by atoms with Crippen molar-refractivity contribution in [2.45, 2.75) is 49.3 Å². The molecule has 0 radical (unpaired) electrons. The quantitative estimate of drug-likeness (QED) is 0.129. The largest absolute Gasteiger partial charge is 0.349 e. The molecule has 0 saturated heterocycles. The van der Waals surface area contributed by atoms with Gasteiger partial charge >= 0.3 is 11.9 Å². The zero-order valence-electron chi connectivity index (χ0n) is 24.7. The summed E-state index contributed by atoms with van der Waals surface area (Å²) in [7, 11) is 4.84. The van der Waals surface area contributed by atoms with Crippen LogP contribution in [-0.4, -0.2) is 79.2 Å². The SMILES string of the molecule is CNCC(=O)CC/C(=N\OC(C)=O)C(=O)c1ccc(Sc2ccc(C(=O)/C(CCC(=O)N(C)C)=N/OC(C)=O)cc2)cc1. The van der Waals surface area contributed by atoms with Gasteiger partial charge in [-0.3, -0.25) is 19.2 Å². The van der Waals surface area contributed by atoms with E-state index >= 15 is 0 Å². The first-order chi connectivity index (χ1) is 20.4. The first kappa shape index (κ1) is 34.7. The van der Waals surface area contributed by atoms with E-state index in [0.717, 1.165) is 23.6 Å². The maximum atomic E-state index is 13.0. The van der Waals surface area contributed by atoms with Gasteiger partial charge in [-0.15, -0.1) is 0 Å². The number of nitrogens with one attached hydrogen (secondary N) is 1. The lowest BCUT2D eigenvalue weighted by atomic mass is 10.0. The number of ketones is 3. The number of oxime groups is 2. The average molecular weight is 611 g/mol. The van der Waals surface area contributed by atoms with Crippen LogP contribution in [0.2, 0.25) is 0 Å². The molecule has 1 N–H and O–H groups in total. The van der Waals surface area contributed by atoms with Crippen LogP contribution in [0, 0.1) is 0 Å². The fourth-order valence-electron chi connectivity index (χ4n) is 3.45. The number of Topliss-reactive ketones (excluding diaryl/α,β-unsaturated/α-hetero) is 3. The van der Waals surface area contributed by atoms with Crippen molar-refractivity contribution in [1.82, 2.24) is 10.2 Å².